The van der Waals surface area contributed by atoms with E-state index in [0.717, 1.165) is 36.9 Å². The van der Waals surface area contributed by atoms with Gasteiger partial charge in [-0.1, -0.05) is 11.6 Å². The van der Waals surface area contributed by atoms with Gasteiger partial charge in [0.1, 0.15) is 0 Å². The molecule has 1 saturated heterocycles. The van der Waals surface area contributed by atoms with E-state index in [-0.39, 0.29) is 18.2 Å². The average Bonchev–Trinajstić information content (AvgIpc) is 2.40. The van der Waals surface area contributed by atoms with Crippen LogP contribution >= 0.6 is 11.6 Å². The Bertz CT molecular complexity index is 537. The molecule has 0 aliphatic carbocycles. The number of amides is 1. The third-order valence-electron chi connectivity index (χ3n) is 3.89. The number of carbonyl (C=O) groups is 1. The van der Waals surface area contributed by atoms with Crippen molar-refractivity contribution in [2.45, 2.75) is 37.8 Å². The number of nitrogens with zero attached hydrogens (tertiary/aromatic N) is 4. The second kappa shape index (κ2) is 5.18. The first-order valence-corrected chi connectivity index (χ1v) is 7.13. The molecule has 0 N–H and O–H groups in total. The van der Waals surface area contributed by atoms with Crippen molar-refractivity contribution in [3.05, 3.63) is 22.5 Å². The summed E-state index contributed by atoms with van der Waals surface area (Å²) in [5.41, 5.74) is 2.01. The van der Waals surface area contributed by atoms with Gasteiger partial charge in [0.15, 0.2) is 5.15 Å². The van der Waals surface area contributed by atoms with Gasteiger partial charge in [-0.3, -0.25) is 0 Å². The zero-order valence-corrected chi connectivity index (χ0v) is 12.3. The van der Waals surface area contributed by atoms with E-state index in [1.54, 1.807) is 14.1 Å². The van der Waals surface area contributed by atoms with E-state index >= 15 is 0 Å². The summed E-state index contributed by atoms with van der Waals surface area (Å²) >= 11 is 5.95. The maximum absolute atomic E-state index is 11.8. The second-order valence-electron chi connectivity index (χ2n) is 5.49. The van der Waals surface area contributed by atoms with Crippen LogP contribution < -0.4 is 0 Å². The molecule has 1 amide bonds. The lowest BCUT2D eigenvalue weighted by molar-refractivity contribution is -0.191. The lowest BCUT2D eigenvalue weighted by Crippen LogP contribution is -2.49. The summed E-state index contributed by atoms with van der Waals surface area (Å²) in [6.45, 7) is 0. The Hall–Kier alpha value is -1.40. The molecule has 2 unspecified atom stereocenters. The monoisotopic (exact) mass is 296 g/mol. The second-order valence-corrected chi connectivity index (χ2v) is 5.87. The Morgan fingerprint density at radius 1 is 1.45 bits per heavy atom. The molecule has 1 aromatic heterocycles. The van der Waals surface area contributed by atoms with E-state index in [1.165, 1.54) is 4.90 Å². The number of aromatic nitrogens is 2. The summed E-state index contributed by atoms with van der Waals surface area (Å²) in [7, 11) is 3.36. The lowest BCUT2D eigenvalue weighted by atomic mass is 9.84. The summed E-state index contributed by atoms with van der Waals surface area (Å²) in [5, 5.41) is 10.3. The molecular weight excluding hydrogens is 280 g/mol. The summed E-state index contributed by atoms with van der Waals surface area (Å²) < 4.78 is 0. The van der Waals surface area contributed by atoms with Gasteiger partial charge in [-0.15, -0.1) is 10.2 Å². The fourth-order valence-electron chi connectivity index (χ4n) is 2.93. The van der Waals surface area contributed by atoms with Crippen LogP contribution in [-0.2, 0) is 11.3 Å². The summed E-state index contributed by atoms with van der Waals surface area (Å²) in [6.07, 6.45) is 3.45. The lowest BCUT2D eigenvalue weighted by Gasteiger charge is -2.44. The van der Waals surface area contributed by atoms with Crippen molar-refractivity contribution in [1.82, 2.24) is 20.2 Å². The Morgan fingerprint density at radius 3 is 3.00 bits per heavy atom. The van der Waals surface area contributed by atoms with Crippen molar-refractivity contribution in [2.24, 2.45) is 0 Å². The highest BCUT2D eigenvalue weighted by Gasteiger charge is 2.41. The maximum Gasteiger partial charge on any atom is 0.428 e. The number of hydrogen-bond donors (Lipinski definition) is 0. The highest BCUT2D eigenvalue weighted by Crippen LogP contribution is 2.41. The average molecular weight is 297 g/mol. The molecule has 0 spiro atoms. The molecular formula is C13H17ClN4O2. The normalized spacial score (nSPS) is 24.9. The largest absolute Gasteiger partial charge is 0.428 e. The number of fused-ring (bicyclic) bond motifs is 4. The van der Waals surface area contributed by atoms with Crippen LogP contribution in [0.4, 0.5) is 4.79 Å². The van der Waals surface area contributed by atoms with E-state index in [2.05, 4.69) is 10.2 Å². The molecule has 7 heteroatoms. The minimum absolute atomic E-state index is 0.0365. The summed E-state index contributed by atoms with van der Waals surface area (Å²) in [6, 6.07) is 2.06. The zero-order valence-electron chi connectivity index (χ0n) is 11.5. The van der Waals surface area contributed by atoms with Crippen molar-refractivity contribution in [3.63, 3.8) is 0 Å². The maximum atomic E-state index is 11.8. The number of rotatable bonds is 1. The van der Waals surface area contributed by atoms with Crippen LogP contribution in [-0.4, -0.2) is 46.4 Å². The van der Waals surface area contributed by atoms with Crippen molar-refractivity contribution in [2.75, 3.05) is 14.1 Å². The smallest absolute Gasteiger partial charge is 0.350 e. The highest BCUT2D eigenvalue weighted by atomic mass is 35.5. The van der Waals surface area contributed by atoms with Gasteiger partial charge in [0.2, 0.25) is 0 Å². The van der Waals surface area contributed by atoms with Gasteiger partial charge >= 0.3 is 6.09 Å². The Balaban J connectivity index is 1.91. The molecule has 1 fully saturated rings. The van der Waals surface area contributed by atoms with Crippen LogP contribution in [0.15, 0.2) is 6.07 Å². The molecule has 0 saturated carbocycles. The Kier molecular flexibility index (Phi) is 3.52. The molecule has 0 radical (unpaired) electrons. The fourth-order valence-corrected chi connectivity index (χ4v) is 3.08. The van der Waals surface area contributed by atoms with Gasteiger partial charge in [0.25, 0.3) is 0 Å². The van der Waals surface area contributed by atoms with Gasteiger partial charge in [-0.05, 0) is 30.9 Å². The molecule has 2 bridgehead atoms. The molecule has 1 aromatic rings. The third kappa shape index (κ3) is 2.33. The third-order valence-corrected chi connectivity index (χ3v) is 4.08. The molecule has 3 heterocycles. The standard InChI is InChI=1S/C13H17ClN4O2/c1-17(2)13(19)20-18-8-4-3-5-11(18)9-7-12(14)16-15-10(9)6-8/h7-8,11H,3-6H2,1-2H3. The van der Waals surface area contributed by atoms with E-state index in [0.29, 0.717) is 5.15 Å². The van der Waals surface area contributed by atoms with Gasteiger partial charge in [0, 0.05) is 20.5 Å². The number of halogens is 1. The van der Waals surface area contributed by atoms with Crippen LogP contribution in [0.3, 0.4) is 0 Å². The highest BCUT2D eigenvalue weighted by molar-refractivity contribution is 6.29. The Morgan fingerprint density at radius 2 is 2.25 bits per heavy atom. The van der Waals surface area contributed by atoms with Crippen molar-refractivity contribution in [1.29, 1.82) is 0 Å². The van der Waals surface area contributed by atoms with Crippen molar-refractivity contribution < 1.29 is 9.63 Å². The first-order chi connectivity index (χ1) is 9.56. The predicted molar refractivity (Wildman–Crippen MR) is 73.1 cm³/mol. The van der Waals surface area contributed by atoms with Gasteiger partial charge in [-0.25, -0.2) is 4.79 Å². The minimum Gasteiger partial charge on any atom is -0.350 e. The number of hydroxylamine groups is 2. The van der Waals surface area contributed by atoms with Crippen LogP contribution in [0.2, 0.25) is 5.15 Å². The van der Waals surface area contributed by atoms with Crippen molar-refractivity contribution in [3.8, 4) is 0 Å². The van der Waals surface area contributed by atoms with Crippen LogP contribution in [0, 0.1) is 0 Å². The molecule has 2 atom stereocenters. The summed E-state index contributed by atoms with van der Waals surface area (Å²) in [4.78, 5) is 18.8. The molecule has 2 aliphatic heterocycles. The SMILES string of the molecule is CN(C)C(=O)ON1C2CCCC1c1cc(Cl)nnc1C2. The Labute approximate surface area is 122 Å². The summed E-state index contributed by atoms with van der Waals surface area (Å²) in [5.74, 6) is 0. The van der Waals surface area contributed by atoms with E-state index in [1.807, 2.05) is 11.1 Å². The van der Waals surface area contributed by atoms with Gasteiger partial charge in [-0.2, -0.15) is 5.10 Å². The fraction of sp³-hybridized carbons (Fsp3) is 0.615. The minimum atomic E-state index is -0.349. The topological polar surface area (TPSA) is 58.6 Å². The van der Waals surface area contributed by atoms with Crippen LogP contribution in [0.25, 0.3) is 0 Å². The van der Waals surface area contributed by atoms with Gasteiger partial charge in [0.05, 0.1) is 17.8 Å². The predicted octanol–water partition coefficient (Wildman–Crippen LogP) is 2.19. The molecule has 20 heavy (non-hydrogen) atoms. The van der Waals surface area contributed by atoms with Crippen LogP contribution in [0.5, 0.6) is 0 Å². The van der Waals surface area contributed by atoms with Crippen LogP contribution in [0.1, 0.15) is 36.6 Å². The molecule has 6 nitrogen and oxygen atoms in total. The first-order valence-electron chi connectivity index (χ1n) is 6.76. The van der Waals surface area contributed by atoms with E-state index < -0.39 is 0 Å². The van der Waals surface area contributed by atoms with E-state index in [4.69, 9.17) is 16.4 Å². The number of hydrogen-bond acceptors (Lipinski definition) is 5. The first kappa shape index (κ1) is 13.6. The molecule has 0 aromatic carbocycles. The van der Waals surface area contributed by atoms with E-state index in [9.17, 15) is 4.79 Å². The van der Waals surface area contributed by atoms with Crippen molar-refractivity contribution >= 4 is 17.7 Å². The van der Waals surface area contributed by atoms with Gasteiger partial charge < -0.3 is 9.74 Å². The quantitative estimate of drug-likeness (QED) is 0.795. The number of piperidine rings is 1. The number of carbonyl (C=O) groups excluding carboxylic acids is 1. The molecule has 108 valence electrons. The molecule has 3 rings (SSSR count). The zero-order chi connectivity index (χ0) is 14.3. The molecule has 2 aliphatic rings.